The van der Waals surface area contributed by atoms with Gasteiger partial charge in [0.2, 0.25) is 0 Å². The van der Waals surface area contributed by atoms with Crippen LogP contribution in [0.2, 0.25) is 0 Å². The number of urea groups is 1. The number of nitrogens with one attached hydrogen (secondary N) is 2. The van der Waals surface area contributed by atoms with Gasteiger partial charge in [-0.3, -0.25) is 4.79 Å². The molecule has 1 atom stereocenters. The van der Waals surface area contributed by atoms with E-state index in [0.717, 1.165) is 5.69 Å². The Balaban J connectivity index is 2.42. The molecule has 0 saturated carbocycles. The van der Waals surface area contributed by atoms with Crippen molar-refractivity contribution in [1.82, 2.24) is 5.32 Å². The normalized spacial score (nSPS) is 12.0. The predicted octanol–water partition coefficient (Wildman–Crippen LogP) is 3.57. The van der Waals surface area contributed by atoms with Gasteiger partial charge in [0.15, 0.2) is 0 Å². The van der Waals surface area contributed by atoms with Gasteiger partial charge in [0.25, 0.3) is 0 Å². The molecule has 5 nitrogen and oxygen atoms in total. The van der Waals surface area contributed by atoms with Gasteiger partial charge in [-0.25, -0.2) is 4.79 Å². The molecule has 0 fully saturated rings. The third-order valence-corrected chi connectivity index (χ3v) is 3.22. The van der Waals surface area contributed by atoms with Crippen LogP contribution in [-0.4, -0.2) is 23.1 Å². The second-order valence-corrected chi connectivity index (χ2v) is 5.57. The third kappa shape index (κ3) is 6.79. The lowest BCUT2D eigenvalue weighted by molar-refractivity contribution is -0.137. The summed E-state index contributed by atoms with van der Waals surface area (Å²) in [6, 6.07) is 7.43. The van der Waals surface area contributed by atoms with Gasteiger partial charge in [0.05, 0.1) is 0 Å². The van der Waals surface area contributed by atoms with Crippen LogP contribution in [0.4, 0.5) is 10.5 Å². The van der Waals surface area contributed by atoms with Gasteiger partial charge in [0.1, 0.15) is 0 Å². The topological polar surface area (TPSA) is 78.4 Å². The van der Waals surface area contributed by atoms with E-state index in [1.807, 2.05) is 31.2 Å². The zero-order valence-corrected chi connectivity index (χ0v) is 12.8. The standard InChI is InChI=1S/C16H24N2O3/c1-11(2)13-7-5-8-14(10-13)18-16(21)17-12(3)6-4-9-15(19)20/h5,7-8,10-12H,4,6,9H2,1-3H3,(H,19,20)(H2,17,18,21). The van der Waals surface area contributed by atoms with Gasteiger partial charge in [-0.15, -0.1) is 0 Å². The minimum atomic E-state index is -0.808. The minimum Gasteiger partial charge on any atom is -0.481 e. The van der Waals surface area contributed by atoms with Crippen molar-refractivity contribution < 1.29 is 14.7 Å². The summed E-state index contributed by atoms with van der Waals surface area (Å²) < 4.78 is 0. The molecule has 0 aromatic heterocycles. The average Bonchev–Trinajstić information content (AvgIpc) is 2.38. The molecule has 1 aromatic rings. The van der Waals surface area contributed by atoms with Crippen LogP contribution in [-0.2, 0) is 4.79 Å². The highest BCUT2D eigenvalue weighted by Crippen LogP contribution is 2.18. The van der Waals surface area contributed by atoms with E-state index < -0.39 is 5.97 Å². The van der Waals surface area contributed by atoms with Gasteiger partial charge in [0, 0.05) is 18.2 Å². The van der Waals surface area contributed by atoms with Crippen LogP contribution in [0.1, 0.15) is 51.5 Å². The Hall–Kier alpha value is -2.04. The van der Waals surface area contributed by atoms with Crippen molar-refractivity contribution >= 4 is 17.7 Å². The lowest BCUT2D eigenvalue weighted by atomic mass is 10.0. The molecule has 0 radical (unpaired) electrons. The second-order valence-electron chi connectivity index (χ2n) is 5.57. The van der Waals surface area contributed by atoms with E-state index in [2.05, 4.69) is 24.5 Å². The maximum absolute atomic E-state index is 11.9. The highest BCUT2D eigenvalue weighted by atomic mass is 16.4. The summed E-state index contributed by atoms with van der Waals surface area (Å²) in [5.41, 5.74) is 1.93. The molecular weight excluding hydrogens is 268 g/mol. The number of benzene rings is 1. The number of anilines is 1. The summed E-state index contributed by atoms with van der Waals surface area (Å²) in [5, 5.41) is 14.2. The van der Waals surface area contributed by atoms with E-state index in [-0.39, 0.29) is 18.5 Å². The number of rotatable bonds is 7. The molecule has 0 aliphatic carbocycles. The predicted molar refractivity (Wildman–Crippen MR) is 83.6 cm³/mol. The summed E-state index contributed by atoms with van der Waals surface area (Å²) in [4.78, 5) is 22.3. The molecule has 0 spiro atoms. The maximum atomic E-state index is 11.9. The molecule has 5 heteroatoms. The van der Waals surface area contributed by atoms with E-state index >= 15 is 0 Å². The van der Waals surface area contributed by atoms with E-state index in [1.165, 1.54) is 5.56 Å². The third-order valence-electron chi connectivity index (χ3n) is 3.22. The summed E-state index contributed by atoms with van der Waals surface area (Å²) in [6.07, 6.45) is 1.33. The summed E-state index contributed by atoms with van der Waals surface area (Å²) in [5.74, 6) is -0.401. The van der Waals surface area contributed by atoms with Crippen molar-refractivity contribution in [3.05, 3.63) is 29.8 Å². The molecule has 2 amide bonds. The number of carboxylic acids is 1. The number of aliphatic carboxylic acids is 1. The van der Waals surface area contributed by atoms with Crippen LogP contribution in [0.15, 0.2) is 24.3 Å². The molecular formula is C16H24N2O3. The smallest absolute Gasteiger partial charge is 0.319 e. The van der Waals surface area contributed by atoms with E-state index in [9.17, 15) is 9.59 Å². The van der Waals surface area contributed by atoms with Gasteiger partial charge < -0.3 is 15.7 Å². The molecule has 0 bridgehead atoms. The monoisotopic (exact) mass is 292 g/mol. The zero-order chi connectivity index (χ0) is 15.8. The van der Waals surface area contributed by atoms with E-state index in [1.54, 1.807) is 0 Å². The number of hydrogen-bond acceptors (Lipinski definition) is 2. The second kappa shape index (κ2) is 8.29. The van der Waals surface area contributed by atoms with E-state index in [0.29, 0.717) is 18.8 Å². The van der Waals surface area contributed by atoms with Crippen LogP contribution in [0.25, 0.3) is 0 Å². The largest absolute Gasteiger partial charge is 0.481 e. The molecule has 1 unspecified atom stereocenters. The summed E-state index contributed by atoms with van der Waals surface area (Å²) in [6.45, 7) is 6.07. The fraction of sp³-hybridized carbons (Fsp3) is 0.500. The Kier molecular flexibility index (Phi) is 6.72. The summed E-state index contributed by atoms with van der Waals surface area (Å²) >= 11 is 0. The number of hydrogen-bond donors (Lipinski definition) is 3. The molecule has 0 saturated heterocycles. The Labute approximate surface area is 125 Å². The SMILES string of the molecule is CC(CCCC(=O)O)NC(=O)Nc1cccc(C(C)C)c1. The quantitative estimate of drug-likeness (QED) is 0.718. The first-order chi connectivity index (χ1) is 9.88. The number of carboxylic acid groups (broad SMARTS) is 1. The average molecular weight is 292 g/mol. The van der Waals surface area contributed by atoms with Crippen LogP contribution in [0.5, 0.6) is 0 Å². The van der Waals surface area contributed by atoms with Crippen molar-refractivity contribution in [3.63, 3.8) is 0 Å². The lowest BCUT2D eigenvalue weighted by Crippen LogP contribution is -2.36. The highest BCUT2D eigenvalue weighted by Gasteiger charge is 2.09. The molecule has 3 N–H and O–H groups in total. The number of carbonyl (C=O) groups excluding carboxylic acids is 1. The van der Waals surface area contributed by atoms with Crippen molar-refractivity contribution in [2.24, 2.45) is 0 Å². The highest BCUT2D eigenvalue weighted by molar-refractivity contribution is 5.89. The fourth-order valence-corrected chi connectivity index (χ4v) is 2.00. The Morgan fingerprint density at radius 1 is 1.24 bits per heavy atom. The minimum absolute atomic E-state index is 0.0577. The van der Waals surface area contributed by atoms with Gasteiger partial charge >= 0.3 is 12.0 Å². The van der Waals surface area contributed by atoms with Crippen molar-refractivity contribution in [2.45, 2.75) is 52.0 Å². The molecule has 116 valence electrons. The number of amides is 2. The van der Waals surface area contributed by atoms with Crippen molar-refractivity contribution in [1.29, 1.82) is 0 Å². The molecule has 0 aliphatic rings. The van der Waals surface area contributed by atoms with Crippen LogP contribution < -0.4 is 10.6 Å². The summed E-state index contributed by atoms with van der Waals surface area (Å²) in [7, 11) is 0. The van der Waals surface area contributed by atoms with Crippen LogP contribution in [0, 0.1) is 0 Å². The Bertz CT molecular complexity index is 486. The number of carbonyl (C=O) groups is 2. The first-order valence-electron chi connectivity index (χ1n) is 7.27. The van der Waals surface area contributed by atoms with Crippen LogP contribution in [0.3, 0.4) is 0 Å². The Morgan fingerprint density at radius 3 is 2.57 bits per heavy atom. The molecule has 0 aliphatic heterocycles. The zero-order valence-electron chi connectivity index (χ0n) is 12.8. The Morgan fingerprint density at radius 2 is 1.95 bits per heavy atom. The van der Waals surface area contributed by atoms with Gasteiger partial charge in [-0.2, -0.15) is 0 Å². The fourth-order valence-electron chi connectivity index (χ4n) is 2.00. The first kappa shape index (κ1) is 17.0. The molecule has 0 heterocycles. The molecule has 1 rings (SSSR count). The van der Waals surface area contributed by atoms with Gasteiger partial charge in [-0.05, 0) is 43.4 Å². The van der Waals surface area contributed by atoms with E-state index in [4.69, 9.17) is 5.11 Å². The maximum Gasteiger partial charge on any atom is 0.319 e. The first-order valence-corrected chi connectivity index (χ1v) is 7.27. The van der Waals surface area contributed by atoms with Crippen molar-refractivity contribution in [2.75, 3.05) is 5.32 Å². The van der Waals surface area contributed by atoms with Crippen LogP contribution >= 0.6 is 0 Å². The van der Waals surface area contributed by atoms with Gasteiger partial charge in [-0.1, -0.05) is 26.0 Å². The van der Waals surface area contributed by atoms with Crippen molar-refractivity contribution in [3.8, 4) is 0 Å². The lowest BCUT2D eigenvalue weighted by Gasteiger charge is -2.15. The molecule has 21 heavy (non-hydrogen) atoms. The molecule has 1 aromatic carbocycles.